The van der Waals surface area contributed by atoms with Crippen molar-refractivity contribution in [2.75, 3.05) is 24.8 Å². The zero-order valence-electron chi connectivity index (χ0n) is 11.9. The van der Waals surface area contributed by atoms with Crippen molar-refractivity contribution in [3.05, 3.63) is 53.6 Å². The Labute approximate surface area is 118 Å². The number of carbonyl (C=O) groups is 1. The van der Waals surface area contributed by atoms with Crippen molar-refractivity contribution in [1.29, 1.82) is 0 Å². The molecule has 0 aromatic heterocycles. The number of aryl methyl sites for hydroxylation is 1. The predicted molar refractivity (Wildman–Crippen MR) is 81.7 cm³/mol. The summed E-state index contributed by atoms with van der Waals surface area (Å²) >= 11 is 0. The van der Waals surface area contributed by atoms with Gasteiger partial charge in [-0.05, 0) is 36.8 Å². The molecule has 0 saturated carbocycles. The van der Waals surface area contributed by atoms with Crippen LogP contribution in [0.4, 0.5) is 11.4 Å². The Morgan fingerprint density at radius 2 is 1.95 bits per heavy atom. The van der Waals surface area contributed by atoms with E-state index in [0.717, 1.165) is 11.3 Å². The molecule has 2 N–H and O–H groups in total. The second-order valence-electron chi connectivity index (χ2n) is 4.49. The van der Waals surface area contributed by atoms with Crippen molar-refractivity contribution in [3.8, 4) is 5.75 Å². The minimum absolute atomic E-state index is 0.150. The van der Waals surface area contributed by atoms with Gasteiger partial charge in [0.1, 0.15) is 5.75 Å². The molecule has 104 valence electrons. The molecule has 0 saturated heterocycles. The molecule has 4 heteroatoms. The van der Waals surface area contributed by atoms with Gasteiger partial charge < -0.3 is 15.4 Å². The third-order valence-electron chi connectivity index (χ3n) is 3.02. The summed E-state index contributed by atoms with van der Waals surface area (Å²) in [5.74, 6) is 0.558. The van der Waals surface area contributed by atoms with Crippen LogP contribution in [-0.4, -0.2) is 20.1 Å². The monoisotopic (exact) mass is 270 g/mol. The Morgan fingerprint density at radius 3 is 2.65 bits per heavy atom. The lowest BCUT2D eigenvalue weighted by molar-refractivity contribution is 0.102. The van der Waals surface area contributed by atoms with Crippen LogP contribution in [0.5, 0.6) is 5.75 Å². The predicted octanol–water partition coefficient (Wildman–Crippen LogP) is 3.30. The van der Waals surface area contributed by atoms with Crippen molar-refractivity contribution in [2.24, 2.45) is 0 Å². The molecule has 0 bridgehead atoms. The minimum atomic E-state index is -0.150. The lowest BCUT2D eigenvalue weighted by atomic mass is 10.1. The highest BCUT2D eigenvalue weighted by Crippen LogP contribution is 2.21. The summed E-state index contributed by atoms with van der Waals surface area (Å²) in [7, 11) is 3.40. The van der Waals surface area contributed by atoms with Crippen LogP contribution in [-0.2, 0) is 0 Å². The number of anilines is 2. The highest BCUT2D eigenvalue weighted by Gasteiger charge is 2.11. The van der Waals surface area contributed by atoms with E-state index in [4.69, 9.17) is 4.74 Å². The van der Waals surface area contributed by atoms with E-state index in [1.807, 2.05) is 43.3 Å². The molecule has 0 radical (unpaired) electrons. The fourth-order valence-corrected chi connectivity index (χ4v) is 1.96. The second-order valence-corrected chi connectivity index (χ2v) is 4.49. The van der Waals surface area contributed by atoms with Gasteiger partial charge >= 0.3 is 0 Å². The first-order valence-corrected chi connectivity index (χ1v) is 6.38. The Hall–Kier alpha value is -2.49. The third-order valence-corrected chi connectivity index (χ3v) is 3.02. The summed E-state index contributed by atoms with van der Waals surface area (Å²) in [6, 6.07) is 13.0. The Kier molecular flexibility index (Phi) is 4.25. The van der Waals surface area contributed by atoms with E-state index in [0.29, 0.717) is 17.0 Å². The van der Waals surface area contributed by atoms with Gasteiger partial charge in [-0.25, -0.2) is 0 Å². The summed E-state index contributed by atoms with van der Waals surface area (Å²) in [5, 5.41) is 5.91. The van der Waals surface area contributed by atoms with Gasteiger partial charge in [-0.3, -0.25) is 4.79 Å². The summed E-state index contributed by atoms with van der Waals surface area (Å²) in [6.45, 7) is 1.99. The summed E-state index contributed by atoms with van der Waals surface area (Å²) in [4.78, 5) is 12.3. The zero-order valence-corrected chi connectivity index (χ0v) is 11.9. The molecular formula is C16H18N2O2. The molecule has 1 amide bonds. The van der Waals surface area contributed by atoms with Crippen LogP contribution in [0.1, 0.15) is 15.9 Å². The molecule has 0 heterocycles. The molecule has 2 aromatic carbocycles. The van der Waals surface area contributed by atoms with Crippen LogP contribution in [0.3, 0.4) is 0 Å². The molecule has 20 heavy (non-hydrogen) atoms. The standard InChI is InChI=1S/C16H18N2O2/c1-11-7-8-14(15(9-11)17-2)16(19)18-12-5-4-6-13(10-12)20-3/h4-10,17H,1-3H3,(H,18,19). The van der Waals surface area contributed by atoms with E-state index < -0.39 is 0 Å². The van der Waals surface area contributed by atoms with Crippen LogP contribution >= 0.6 is 0 Å². The van der Waals surface area contributed by atoms with E-state index in [-0.39, 0.29) is 5.91 Å². The summed E-state index contributed by atoms with van der Waals surface area (Å²) < 4.78 is 5.14. The lowest BCUT2D eigenvalue weighted by Gasteiger charge is -2.11. The maximum absolute atomic E-state index is 12.3. The molecule has 2 rings (SSSR count). The van der Waals surface area contributed by atoms with Crippen molar-refractivity contribution < 1.29 is 9.53 Å². The maximum Gasteiger partial charge on any atom is 0.257 e. The summed E-state index contributed by atoms with van der Waals surface area (Å²) in [6.07, 6.45) is 0. The topological polar surface area (TPSA) is 50.4 Å². The third kappa shape index (κ3) is 3.09. The highest BCUT2D eigenvalue weighted by molar-refractivity contribution is 6.08. The highest BCUT2D eigenvalue weighted by atomic mass is 16.5. The van der Waals surface area contributed by atoms with E-state index in [9.17, 15) is 4.79 Å². The van der Waals surface area contributed by atoms with E-state index >= 15 is 0 Å². The van der Waals surface area contributed by atoms with Crippen molar-refractivity contribution in [3.63, 3.8) is 0 Å². The number of amides is 1. The van der Waals surface area contributed by atoms with Crippen LogP contribution in [0.25, 0.3) is 0 Å². The van der Waals surface area contributed by atoms with Crippen molar-refractivity contribution >= 4 is 17.3 Å². The van der Waals surface area contributed by atoms with Crippen molar-refractivity contribution in [2.45, 2.75) is 6.92 Å². The van der Waals surface area contributed by atoms with Crippen LogP contribution in [0.2, 0.25) is 0 Å². The lowest BCUT2D eigenvalue weighted by Crippen LogP contribution is -2.14. The maximum atomic E-state index is 12.3. The first-order valence-electron chi connectivity index (χ1n) is 6.38. The Bertz CT molecular complexity index is 624. The zero-order chi connectivity index (χ0) is 14.5. The molecule has 2 aromatic rings. The van der Waals surface area contributed by atoms with E-state index in [1.54, 1.807) is 20.2 Å². The first kappa shape index (κ1) is 13.9. The van der Waals surface area contributed by atoms with Gasteiger partial charge in [-0.1, -0.05) is 12.1 Å². The number of hydrogen-bond donors (Lipinski definition) is 2. The molecule has 0 fully saturated rings. The number of ether oxygens (including phenoxy) is 1. The number of benzene rings is 2. The van der Waals surface area contributed by atoms with Gasteiger partial charge in [0.15, 0.2) is 0 Å². The molecular weight excluding hydrogens is 252 g/mol. The van der Waals surface area contributed by atoms with Gasteiger partial charge in [0.05, 0.1) is 12.7 Å². The number of rotatable bonds is 4. The molecule has 0 unspecified atom stereocenters. The van der Waals surface area contributed by atoms with Gasteiger partial charge in [0.25, 0.3) is 5.91 Å². The molecule has 4 nitrogen and oxygen atoms in total. The fraction of sp³-hybridized carbons (Fsp3) is 0.188. The molecule has 0 aliphatic rings. The quantitative estimate of drug-likeness (QED) is 0.896. The van der Waals surface area contributed by atoms with Gasteiger partial charge in [-0.15, -0.1) is 0 Å². The number of carbonyl (C=O) groups excluding carboxylic acids is 1. The smallest absolute Gasteiger partial charge is 0.257 e. The van der Waals surface area contributed by atoms with Crippen LogP contribution < -0.4 is 15.4 Å². The normalized spacial score (nSPS) is 9.95. The van der Waals surface area contributed by atoms with Crippen LogP contribution in [0, 0.1) is 6.92 Å². The average Bonchev–Trinajstić information content (AvgIpc) is 2.47. The molecule has 0 spiro atoms. The first-order chi connectivity index (χ1) is 9.63. The Balaban J connectivity index is 2.23. The van der Waals surface area contributed by atoms with Gasteiger partial charge in [0, 0.05) is 24.5 Å². The van der Waals surface area contributed by atoms with Gasteiger partial charge in [-0.2, -0.15) is 0 Å². The SMILES string of the molecule is CNc1cc(C)ccc1C(=O)Nc1cccc(OC)c1. The largest absolute Gasteiger partial charge is 0.497 e. The Morgan fingerprint density at radius 1 is 1.15 bits per heavy atom. The second kappa shape index (κ2) is 6.10. The van der Waals surface area contributed by atoms with E-state index in [2.05, 4.69) is 10.6 Å². The van der Waals surface area contributed by atoms with Crippen LogP contribution in [0.15, 0.2) is 42.5 Å². The molecule has 0 aliphatic carbocycles. The van der Waals surface area contributed by atoms with Crippen molar-refractivity contribution in [1.82, 2.24) is 0 Å². The number of methoxy groups -OCH3 is 1. The average molecular weight is 270 g/mol. The fourth-order valence-electron chi connectivity index (χ4n) is 1.96. The number of nitrogens with one attached hydrogen (secondary N) is 2. The van der Waals surface area contributed by atoms with E-state index in [1.165, 1.54) is 0 Å². The molecule has 0 aliphatic heterocycles. The number of hydrogen-bond acceptors (Lipinski definition) is 3. The van der Waals surface area contributed by atoms with Gasteiger partial charge in [0.2, 0.25) is 0 Å². The summed E-state index contributed by atoms with van der Waals surface area (Å²) in [5.41, 5.74) is 3.23. The molecule has 0 atom stereocenters. The minimum Gasteiger partial charge on any atom is -0.497 e.